The highest BCUT2D eigenvalue weighted by atomic mass is 32.1. The van der Waals surface area contributed by atoms with Gasteiger partial charge in [-0.2, -0.15) is 0 Å². The van der Waals surface area contributed by atoms with Gasteiger partial charge >= 0.3 is 12.1 Å². The van der Waals surface area contributed by atoms with E-state index in [0.29, 0.717) is 30.1 Å². The second kappa shape index (κ2) is 8.81. The second-order valence-electron chi connectivity index (χ2n) is 6.25. The lowest BCUT2D eigenvalue weighted by Crippen LogP contribution is -2.45. The van der Waals surface area contributed by atoms with Crippen molar-refractivity contribution in [2.45, 2.75) is 52.0 Å². The van der Waals surface area contributed by atoms with Crippen LogP contribution in [0.2, 0.25) is 0 Å². The molecule has 0 aromatic carbocycles. The number of carbonyl (C=O) groups is 2. The molecule has 1 saturated carbocycles. The van der Waals surface area contributed by atoms with Crippen molar-refractivity contribution >= 4 is 28.6 Å². The third-order valence-corrected chi connectivity index (χ3v) is 4.45. The summed E-state index contributed by atoms with van der Waals surface area (Å²) < 4.78 is 4.89. The van der Waals surface area contributed by atoms with Gasteiger partial charge in [-0.3, -0.25) is 5.32 Å². The Hall–Kier alpha value is -1.90. The molecular weight excluding hydrogens is 330 g/mol. The van der Waals surface area contributed by atoms with Crippen molar-refractivity contribution in [1.29, 1.82) is 0 Å². The number of carbonyl (C=O) groups excluding carboxylic acids is 2. The zero-order valence-corrected chi connectivity index (χ0v) is 15.1. The van der Waals surface area contributed by atoms with Gasteiger partial charge in [-0.05, 0) is 32.1 Å². The van der Waals surface area contributed by atoms with Crippen molar-refractivity contribution < 1.29 is 14.3 Å². The fraction of sp³-hybridized carbons (Fsp3) is 0.733. The lowest BCUT2D eigenvalue weighted by Gasteiger charge is -2.20. The third-order valence-electron chi connectivity index (χ3n) is 3.45. The van der Waals surface area contributed by atoms with Crippen LogP contribution in [0.3, 0.4) is 0 Å². The first kappa shape index (κ1) is 18.4. The molecule has 1 aromatic rings. The van der Waals surface area contributed by atoms with Crippen molar-refractivity contribution in [3.05, 3.63) is 5.01 Å². The van der Waals surface area contributed by atoms with Gasteiger partial charge in [-0.1, -0.05) is 25.2 Å². The van der Waals surface area contributed by atoms with Crippen molar-refractivity contribution in [2.24, 2.45) is 5.92 Å². The van der Waals surface area contributed by atoms with Gasteiger partial charge in [0, 0.05) is 18.5 Å². The van der Waals surface area contributed by atoms with Crippen LogP contribution in [0, 0.1) is 5.92 Å². The van der Waals surface area contributed by atoms with Gasteiger partial charge in [-0.15, -0.1) is 10.2 Å². The number of hydrogen-bond donors (Lipinski definition) is 3. The quantitative estimate of drug-likeness (QED) is 0.665. The Morgan fingerprint density at radius 1 is 1.33 bits per heavy atom. The van der Waals surface area contributed by atoms with E-state index in [4.69, 9.17) is 4.74 Å². The smallest absolute Gasteiger partial charge is 0.407 e. The average Bonchev–Trinajstić information content (AvgIpc) is 3.25. The fourth-order valence-corrected chi connectivity index (χ4v) is 3.15. The van der Waals surface area contributed by atoms with Crippen LogP contribution in [0.4, 0.5) is 14.7 Å². The maximum absolute atomic E-state index is 12.0. The SMILES string of the molecule is CCOC(=O)NC(CNC(=O)Nc1nnc(C2CC2)s1)CC(C)C. The number of hydrogen-bond acceptors (Lipinski definition) is 6. The normalized spacial score (nSPS) is 15.0. The largest absolute Gasteiger partial charge is 0.450 e. The van der Waals surface area contributed by atoms with Gasteiger partial charge in [0.25, 0.3) is 0 Å². The van der Waals surface area contributed by atoms with E-state index >= 15 is 0 Å². The summed E-state index contributed by atoms with van der Waals surface area (Å²) in [4.78, 5) is 23.5. The molecule has 0 spiro atoms. The van der Waals surface area contributed by atoms with E-state index in [1.54, 1.807) is 6.92 Å². The Bertz CT molecular complexity index is 559. The first-order valence-electron chi connectivity index (χ1n) is 8.29. The zero-order valence-electron chi connectivity index (χ0n) is 14.3. The van der Waals surface area contributed by atoms with Crippen LogP contribution in [-0.4, -0.2) is 41.5 Å². The number of nitrogens with one attached hydrogen (secondary N) is 3. The molecule has 2 rings (SSSR count). The summed E-state index contributed by atoms with van der Waals surface area (Å²) in [5.74, 6) is 0.899. The maximum Gasteiger partial charge on any atom is 0.407 e. The molecule has 8 nitrogen and oxygen atoms in total. The van der Waals surface area contributed by atoms with Crippen LogP contribution in [0.15, 0.2) is 0 Å². The summed E-state index contributed by atoms with van der Waals surface area (Å²) in [6, 6.07) is -0.542. The van der Waals surface area contributed by atoms with E-state index in [-0.39, 0.29) is 12.1 Å². The van der Waals surface area contributed by atoms with E-state index in [9.17, 15) is 9.59 Å². The van der Waals surface area contributed by atoms with Gasteiger partial charge in [0.2, 0.25) is 5.13 Å². The van der Waals surface area contributed by atoms with Gasteiger partial charge in [-0.25, -0.2) is 9.59 Å². The number of aromatic nitrogens is 2. The van der Waals surface area contributed by atoms with E-state index < -0.39 is 6.09 Å². The maximum atomic E-state index is 12.0. The van der Waals surface area contributed by atoms with Crippen LogP contribution < -0.4 is 16.0 Å². The van der Waals surface area contributed by atoms with Crippen molar-refractivity contribution in [1.82, 2.24) is 20.8 Å². The summed E-state index contributed by atoms with van der Waals surface area (Å²) in [5, 5.41) is 17.7. The zero-order chi connectivity index (χ0) is 17.5. The fourth-order valence-electron chi connectivity index (χ4n) is 2.24. The second-order valence-corrected chi connectivity index (χ2v) is 7.26. The minimum atomic E-state index is -0.469. The lowest BCUT2D eigenvalue weighted by molar-refractivity contribution is 0.146. The molecule has 3 amide bonds. The summed E-state index contributed by atoms with van der Waals surface area (Å²) in [5.41, 5.74) is 0. The first-order chi connectivity index (χ1) is 11.5. The molecule has 134 valence electrons. The Morgan fingerprint density at radius 3 is 2.71 bits per heavy atom. The first-order valence-corrected chi connectivity index (χ1v) is 9.11. The Balaban J connectivity index is 1.77. The van der Waals surface area contributed by atoms with Crippen molar-refractivity contribution in [2.75, 3.05) is 18.5 Å². The highest BCUT2D eigenvalue weighted by molar-refractivity contribution is 7.15. The monoisotopic (exact) mass is 355 g/mol. The number of rotatable bonds is 8. The number of ether oxygens (including phenoxy) is 1. The number of anilines is 1. The Labute approximate surface area is 145 Å². The van der Waals surface area contributed by atoms with Gasteiger partial charge in [0.1, 0.15) is 5.01 Å². The molecule has 9 heteroatoms. The molecule has 1 atom stereocenters. The van der Waals surface area contributed by atoms with Crippen molar-refractivity contribution in [3.8, 4) is 0 Å². The van der Waals surface area contributed by atoms with Crippen LogP contribution in [0.25, 0.3) is 0 Å². The highest BCUT2D eigenvalue weighted by Gasteiger charge is 2.27. The molecule has 3 N–H and O–H groups in total. The minimum absolute atomic E-state index is 0.189. The molecule has 0 radical (unpaired) electrons. The summed E-state index contributed by atoms with van der Waals surface area (Å²) in [7, 11) is 0. The molecular formula is C15H25N5O3S. The van der Waals surface area contributed by atoms with Crippen molar-refractivity contribution in [3.63, 3.8) is 0 Å². The predicted molar refractivity (Wildman–Crippen MR) is 92.3 cm³/mol. The molecule has 1 fully saturated rings. The van der Waals surface area contributed by atoms with Crippen LogP contribution >= 0.6 is 11.3 Å². The van der Waals surface area contributed by atoms with Crippen LogP contribution in [-0.2, 0) is 4.74 Å². The van der Waals surface area contributed by atoms with E-state index in [1.807, 2.05) is 0 Å². The topological polar surface area (TPSA) is 105 Å². The number of urea groups is 1. The van der Waals surface area contributed by atoms with Gasteiger partial charge < -0.3 is 15.4 Å². The number of alkyl carbamates (subject to hydrolysis) is 1. The van der Waals surface area contributed by atoms with E-state index in [2.05, 4.69) is 40.0 Å². The summed E-state index contributed by atoms with van der Waals surface area (Å²) >= 11 is 1.41. The highest BCUT2D eigenvalue weighted by Crippen LogP contribution is 2.41. The Morgan fingerprint density at radius 2 is 2.08 bits per heavy atom. The number of nitrogens with zero attached hydrogens (tertiary/aromatic N) is 2. The van der Waals surface area contributed by atoms with Gasteiger partial charge in [0.15, 0.2) is 0 Å². The minimum Gasteiger partial charge on any atom is -0.450 e. The molecule has 1 aromatic heterocycles. The molecule has 1 aliphatic rings. The molecule has 1 unspecified atom stereocenters. The van der Waals surface area contributed by atoms with E-state index in [1.165, 1.54) is 11.3 Å². The van der Waals surface area contributed by atoms with Crippen LogP contribution in [0.1, 0.15) is 51.0 Å². The summed E-state index contributed by atoms with van der Waals surface area (Å²) in [6.07, 6.45) is 2.57. The summed E-state index contributed by atoms with van der Waals surface area (Å²) in [6.45, 7) is 6.49. The van der Waals surface area contributed by atoms with Gasteiger partial charge in [0.05, 0.1) is 6.61 Å². The van der Waals surface area contributed by atoms with E-state index in [0.717, 1.165) is 24.3 Å². The molecule has 1 heterocycles. The Kier molecular flexibility index (Phi) is 6.77. The third kappa shape index (κ3) is 6.31. The molecule has 0 bridgehead atoms. The number of amides is 3. The standard InChI is InChI=1S/C15H25N5O3S/c1-4-23-15(22)17-11(7-9(2)3)8-16-13(21)18-14-20-19-12(24-14)10-5-6-10/h9-11H,4-8H2,1-3H3,(H,17,22)(H2,16,18,20,21). The molecule has 0 saturated heterocycles. The average molecular weight is 355 g/mol. The van der Waals surface area contributed by atoms with Crippen LogP contribution in [0.5, 0.6) is 0 Å². The molecule has 1 aliphatic carbocycles. The lowest BCUT2D eigenvalue weighted by atomic mass is 10.0. The molecule has 0 aliphatic heterocycles. The molecule has 24 heavy (non-hydrogen) atoms. The predicted octanol–water partition coefficient (Wildman–Crippen LogP) is 2.70.